The van der Waals surface area contributed by atoms with Gasteiger partial charge in [0.25, 0.3) is 0 Å². The van der Waals surface area contributed by atoms with E-state index in [-0.39, 0.29) is 29.5 Å². The number of esters is 1. The summed E-state index contributed by atoms with van der Waals surface area (Å²) >= 11 is 0. The van der Waals surface area contributed by atoms with Gasteiger partial charge < -0.3 is 9.84 Å². The second-order valence-electron chi connectivity index (χ2n) is 5.36. The third-order valence-electron chi connectivity index (χ3n) is 4.44. The molecular formula is C13H20O4. The lowest BCUT2D eigenvalue weighted by Crippen LogP contribution is -2.50. The van der Waals surface area contributed by atoms with Gasteiger partial charge in [-0.2, -0.15) is 0 Å². The number of ketones is 1. The number of ether oxygens (including phenoxy) is 1. The maximum absolute atomic E-state index is 12.0. The molecule has 2 saturated carbocycles. The first-order chi connectivity index (χ1) is 8.06. The third kappa shape index (κ3) is 2.10. The summed E-state index contributed by atoms with van der Waals surface area (Å²) in [5.41, 5.74) is 0. The van der Waals surface area contributed by atoms with E-state index in [1.54, 1.807) is 0 Å². The lowest BCUT2D eigenvalue weighted by atomic mass is 9.60. The number of hydrogen-bond donors (Lipinski definition) is 1. The molecule has 2 aliphatic carbocycles. The molecule has 0 aromatic heterocycles. The lowest BCUT2D eigenvalue weighted by Gasteiger charge is -2.45. The largest absolute Gasteiger partial charge is 0.469 e. The molecule has 0 aliphatic heterocycles. The summed E-state index contributed by atoms with van der Waals surface area (Å²) in [6.45, 7) is 2.06. The molecule has 0 unspecified atom stereocenters. The summed E-state index contributed by atoms with van der Waals surface area (Å²) in [5.74, 6) is -0.593. The van der Waals surface area contributed by atoms with Crippen molar-refractivity contribution in [1.82, 2.24) is 0 Å². The average Bonchev–Trinajstić information content (AvgIpc) is 2.33. The van der Waals surface area contributed by atoms with Gasteiger partial charge in [0, 0.05) is 12.3 Å². The van der Waals surface area contributed by atoms with Gasteiger partial charge in [-0.3, -0.25) is 9.59 Å². The number of rotatable bonds is 1. The molecule has 96 valence electrons. The monoisotopic (exact) mass is 240 g/mol. The molecule has 2 aliphatic rings. The van der Waals surface area contributed by atoms with E-state index in [9.17, 15) is 14.7 Å². The molecule has 0 aromatic carbocycles. The van der Waals surface area contributed by atoms with E-state index < -0.39 is 6.10 Å². The SMILES string of the molecule is COC(=O)[C@@H]1CC[C@H](C)[C@H]2[C@@H]1C(=O)CC[C@H]2O. The Morgan fingerprint density at radius 3 is 2.71 bits per heavy atom. The number of Topliss-reactive ketones (excluding diaryl/α,β-unsaturated/α-hetero) is 1. The summed E-state index contributed by atoms with van der Waals surface area (Å²) < 4.78 is 4.78. The zero-order valence-corrected chi connectivity index (χ0v) is 10.4. The molecule has 0 aromatic rings. The van der Waals surface area contributed by atoms with Crippen molar-refractivity contribution in [2.75, 3.05) is 7.11 Å². The summed E-state index contributed by atoms with van der Waals surface area (Å²) in [6.07, 6.45) is 2.07. The molecule has 0 spiro atoms. The summed E-state index contributed by atoms with van der Waals surface area (Å²) in [7, 11) is 1.36. The van der Waals surface area contributed by atoms with Crippen LogP contribution in [0, 0.1) is 23.7 Å². The van der Waals surface area contributed by atoms with Gasteiger partial charge in [-0.05, 0) is 31.1 Å². The highest BCUT2D eigenvalue weighted by atomic mass is 16.5. The minimum Gasteiger partial charge on any atom is -0.469 e. The number of carbonyl (C=O) groups excluding carboxylic acids is 2. The summed E-state index contributed by atoms with van der Waals surface area (Å²) in [4.78, 5) is 23.8. The minimum atomic E-state index is -0.444. The van der Waals surface area contributed by atoms with Crippen molar-refractivity contribution in [3.63, 3.8) is 0 Å². The molecule has 0 radical (unpaired) electrons. The highest BCUT2D eigenvalue weighted by Gasteiger charge is 2.49. The van der Waals surface area contributed by atoms with Gasteiger partial charge in [0.15, 0.2) is 0 Å². The van der Waals surface area contributed by atoms with Crippen LogP contribution in [0.3, 0.4) is 0 Å². The van der Waals surface area contributed by atoms with Crippen molar-refractivity contribution in [2.45, 2.75) is 38.7 Å². The van der Waals surface area contributed by atoms with Crippen LogP contribution >= 0.6 is 0 Å². The highest BCUT2D eigenvalue weighted by Crippen LogP contribution is 2.45. The Bertz CT molecular complexity index is 321. The van der Waals surface area contributed by atoms with Crippen molar-refractivity contribution >= 4 is 11.8 Å². The summed E-state index contributed by atoms with van der Waals surface area (Å²) in [5, 5.41) is 10.1. The Kier molecular flexibility index (Phi) is 3.52. The first kappa shape index (κ1) is 12.6. The Balaban J connectivity index is 2.27. The van der Waals surface area contributed by atoms with Crippen LogP contribution in [-0.4, -0.2) is 30.1 Å². The van der Waals surface area contributed by atoms with E-state index in [0.29, 0.717) is 25.2 Å². The number of aliphatic hydroxyl groups is 1. The molecule has 2 rings (SSSR count). The van der Waals surface area contributed by atoms with Gasteiger partial charge in [-0.15, -0.1) is 0 Å². The number of aliphatic hydroxyl groups excluding tert-OH is 1. The summed E-state index contributed by atoms with van der Waals surface area (Å²) in [6, 6.07) is 0. The number of methoxy groups -OCH3 is 1. The molecule has 4 nitrogen and oxygen atoms in total. The van der Waals surface area contributed by atoms with E-state index in [0.717, 1.165) is 6.42 Å². The van der Waals surface area contributed by atoms with Crippen LogP contribution in [-0.2, 0) is 14.3 Å². The molecule has 2 fully saturated rings. The number of carbonyl (C=O) groups is 2. The van der Waals surface area contributed by atoms with Crippen LogP contribution < -0.4 is 0 Å². The van der Waals surface area contributed by atoms with Gasteiger partial charge in [-0.1, -0.05) is 6.92 Å². The fourth-order valence-electron chi connectivity index (χ4n) is 3.56. The van der Waals surface area contributed by atoms with Gasteiger partial charge in [0.1, 0.15) is 5.78 Å². The van der Waals surface area contributed by atoms with Gasteiger partial charge >= 0.3 is 5.97 Å². The molecular weight excluding hydrogens is 220 g/mol. The van der Waals surface area contributed by atoms with Crippen LogP contribution in [0.15, 0.2) is 0 Å². The van der Waals surface area contributed by atoms with Crippen molar-refractivity contribution in [3.8, 4) is 0 Å². The molecule has 0 bridgehead atoms. The van der Waals surface area contributed by atoms with Crippen LogP contribution in [0.4, 0.5) is 0 Å². The van der Waals surface area contributed by atoms with Gasteiger partial charge in [0.05, 0.1) is 19.1 Å². The predicted molar refractivity (Wildman–Crippen MR) is 61.1 cm³/mol. The average molecular weight is 240 g/mol. The van der Waals surface area contributed by atoms with Crippen molar-refractivity contribution < 1.29 is 19.4 Å². The Morgan fingerprint density at radius 2 is 2.06 bits per heavy atom. The molecule has 17 heavy (non-hydrogen) atoms. The van der Waals surface area contributed by atoms with Crippen LogP contribution in [0.1, 0.15) is 32.6 Å². The second kappa shape index (κ2) is 4.77. The Labute approximate surface area is 101 Å². The van der Waals surface area contributed by atoms with Crippen LogP contribution in [0.25, 0.3) is 0 Å². The van der Waals surface area contributed by atoms with Crippen molar-refractivity contribution in [2.24, 2.45) is 23.7 Å². The van der Waals surface area contributed by atoms with Crippen molar-refractivity contribution in [3.05, 3.63) is 0 Å². The first-order valence-corrected chi connectivity index (χ1v) is 6.35. The fraction of sp³-hybridized carbons (Fsp3) is 0.846. The number of fused-ring (bicyclic) bond motifs is 1. The highest BCUT2D eigenvalue weighted by molar-refractivity contribution is 5.88. The Morgan fingerprint density at radius 1 is 1.35 bits per heavy atom. The Hall–Kier alpha value is -0.900. The zero-order valence-electron chi connectivity index (χ0n) is 10.4. The smallest absolute Gasteiger partial charge is 0.309 e. The third-order valence-corrected chi connectivity index (χ3v) is 4.44. The van der Waals surface area contributed by atoms with Crippen molar-refractivity contribution in [1.29, 1.82) is 0 Å². The predicted octanol–water partition coefficient (Wildman–Crippen LogP) is 1.16. The van der Waals surface area contributed by atoms with E-state index in [1.165, 1.54) is 7.11 Å². The molecule has 0 amide bonds. The molecule has 0 heterocycles. The first-order valence-electron chi connectivity index (χ1n) is 6.35. The zero-order chi connectivity index (χ0) is 12.6. The standard InChI is InChI=1S/C13H20O4/c1-7-3-4-8(13(16)17-2)12-10(15)6-5-9(14)11(7)12/h7-9,11-12,14H,3-6H2,1-2H3/t7-,8+,9+,11+,12-/m0/s1. The topological polar surface area (TPSA) is 63.6 Å². The quantitative estimate of drug-likeness (QED) is 0.699. The molecule has 0 saturated heterocycles. The molecule has 5 atom stereocenters. The van der Waals surface area contributed by atoms with Gasteiger partial charge in [-0.25, -0.2) is 0 Å². The van der Waals surface area contributed by atoms with Crippen LogP contribution in [0.2, 0.25) is 0 Å². The normalized spacial score (nSPS) is 41.8. The maximum Gasteiger partial charge on any atom is 0.309 e. The van der Waals surface area contributed by atoms with E-state index in [1.807, 2.05) is 0 Å². The number of hydrogen-bond acceptors (Lipinski definition) is 4. The fourth-order valence-corrected chi connectivity index (χ4v) is 3.56. The molecule has 4 heteroatoms. The van der Waals surface area contributed by atoms with E-state index in [4.69, 9.17) is 4.74 Å². The molecule has 1 N–H and O–H groups in total. The van der Waals surface area contributed by atoms with E-state index >= 15 is 0 Å². The van der Waals surface area contributed by atoms with E-state index in [2.05, 4.69) is 6.92 Å². The lowest BCUT2D eigenvalue weighted by molar-refractivity contribution is -0.160. The van der Waals surface area contributed by atoms with Gasteiger partial charge in [0.2, 0.25) is 0 Å². The maximum atomic E-state index is 12.0. The second-order valence-corrected chi connectivity index (χ2v) is 5.36. The minimum absolute atomic E-state index is 0.0610. The van der Waals surface area contributed by atoms with Crippen LogP contribution in [0.5, 0.6) is 0 Å².